The number of hydrogen-bond donors (Lipinski definition) is 3. The Kier molecular flexibility index (Phi) is 4.79. The number of ether oxygens (including phenoxy) is 1. The van der Waals surface area contributed by atoms with E-state index >= 15 is 0 Å². The van der Waals surface area contributed by atoms with Gasteiger partial charge in [0.25, 0.3) is 0 Å². The van der Waals surface area contributed by atoms with Crippen molar-refractivity contribution in [2.75, 3.05) is 0 Å². The molecule has 4 N–H and O–H groups in total. The normalized spacial score (nSPS) is 11.9. The molecule has 2 rings (SSSR count). The van der Waals surface area contributed by atoms with E-state index in [2.05, 4.69) is 0 Å². The van der Waals surface area contributed by atoms with Crippen molar-refractivity contribution in [3.8, 4) is 11.5 Å². The van der Waals surface area contributed by atoms with Gasteiger partial charge in [-0.1, -0.05) is 36.4 Å². The van der Waals surface area contributed by atoms with Crippen molar-refractivity contribution in [3.05, 3.63) is 59.7 Å². The van der Waals surface area contributed by atoms with E-state index in [0.717, 1.165) is 5.56 Å². The van der Waals surface area contributed by atoms with Crippen LogP contribution in [0.2, 0.25) is 0 Å². The van der Waals surface area contributed by atoms with E-state index < -0.39 is 12.0 Å². The Morgan fingerprint density at radius 3 is 2.52 bits per heavy atom. The summed E-state index contributed by atoms with van der Waals surface area (Å²) in [5.41, 5.74) is 7.14. The topological polar surface area (TPSA) is 92.8 Å². The summed E-state index contributed by atoms with van der Waals surface area (Å²) in [6.07, 6.45) is -0.238. The Balaban J connectivity index is 2.03. The second kappa shape index (κ2) is 6.76. The second-order valence-corrected chi connectivity index (χ2v) is 4.70. The van der Waals surface area contributed by atoms with Gasteiger partial charge in [0.1, 0.15) is 18.1 Å². The molecule has 0 aromatic heterocycles. The predicted molar refractivity (Wildman–Crippen MR) is 78.1 cm³/mol. The van der Waals surface area contributed by atoms with Crippen LogP contribution in [0.5, 0.6) is 11.5 Å². The van der Waals surface area contributed by atoms with Gasteiger partial charge in [0.2, 0.25) is 0 Å². The maximum absolute atomic E-state index is 10.6. The minimum atomic E-state index is -1.01. The number of nitrogens with two attached hydrogens (primary N) is 1. The second-order valence-electron chi connectivity index (χ2n) is 4.70. The lowest BCUT2D eigenvalue weighted by atomic mass is 10.0. The van der Waals surface area contributed by atoms with Crippen LogP contribution in [0.3, 0.4) is 0 Å². The SMILES string of the molecule is NC(CC(=O)O)c1ccc(OCc2ccccc2)cc1O. The number of hydrogen-bond acceptors (Lipinski definition) is 4. The molecule has 0 aliphatic rings. The number of carboxylic acids is 1. The fourth-order valence-electron chi connectivity index (χ4n) is 1.97. The molecule has 1 unspecified atom stereocenters. The first-order valence-corrected chi connectivity index (χ1v) is 6.53. The first kappa shape index (κ1) is 14.9. The van der Waals surface area contributed by atoms with Crippen LogP contribution in [0.4, 0.5) is 0 Å². The molecule has 21 heavy (non-hydrogen) atoms. The van der Waals surface area contributed by atoms with Crippen LogP contribution in [0.25, 0.3) is 0 Å². The fraction of sp³-hybridized carbons (Fsp3) is 0.188. The summed E-state index contributed by atoms with van der Waals surface area (Å²) in [4.78, 5) is 10.6. The highest BCUT2D eigenvalue weighted by Crippen LogP contribution is 2.29. The number of phenolic OH excluding ortho intramolecular Hbond substituents is 1. The van der Waals surface area contributed by atoms with Crippen molar-refractivity contribution >= 4 is 5.97 Å². The number of carboxylic acid groups (broad SMARTS) is 1. The van der Waals surface area contributed by atoms with E-state index in [4.69, 9.17) is 15.6 Å². The Morgan fingerprint density at radius 1 is 1.19 bits per heavy atom. The van der Waals surface area contributed by atoms with Crippen LogP contribution in [-0.2, 0) is 11.4 Å². The molecule has 0 radical (unpaired) electrons. The van der Waals surface area contributed by atoms with Gasteiger partial charge in [-0.2, -0.15) is 0 Å². The van der Waals surface area contributed by atoms with E-state index in [1.807, 2.05) is 30.3 Å². The van der Waals surface area contributed by atoms with Crippen molar-refractivity contribution < 1.29 is 19.7 Å². The van der Waals surface area contributed by atoms with Crippen LogP contribution in [-0.4, -0.2) is 16.2 Å². The molecule has 0 heterocycles. The van der Waals surface area contributed by atoms with E-state index in [1.165, 1.54) is 6.07 Å². The molecular weight excluding hydrogens is 270 g/mol. The molecule has 2 aromatic carbocycles. The summed E-state index contributed by atoms with van der Waals surface area (Å²) in [5, 5.41) is 18.6. The zero-order chi connectivity index (χ0) is 15.2. The summed E-state index contributed by atoms with van der Waals surface area (Å²) in [7, 11) is 0. The molecule has 2 aromatic rings. The number of benzene rings is 2. The Bertz CT molecular complexity index is 613. The van der Waals surface area contributed by atoms with Gasteiger partial charge in [-0.3, -0.25) is 4.79 Å². The highest BCUT2D eigenvalue weighted by molar-refractivity contribution is 5.68. The predicted octanol–water partition coefficient (Wildman–Crippen LogP) is 2.45. The van der Waals surface area contributed by atoms with Gasteiger partial charge < -0.3 is 20.7 Å². The van der Waals surface area contributed by atoms with Crippen molar-refractivity contribution in [2.24, 2.45) is 5.73 Å². The molecule has 1 atom stereocenters. The van der Waals surface area contributed by atoms with Crippen molar-refractivity contribution in [1.82, 2.24) is 0 Å². The highest BCUT2D eigenvalue weighted by atomic mass is 16.5. The largest absolute Gasteiger partial charge is 0.507 e. The Labute approximate surface area is 122 Å². The number of aromatic hydroxyl groups is 1. The van der Waals surface area contributed by atoms with Crippen LogP contribution in [0.15, 0.2) is 48.5 Å². The summed E-state index contributed by atoms with van der Waals surface area (Å²) >= 11 is 0. The molecule has 5 nitrogen and oxygen atoms in total. The Hall–Kier alpha value is -2.53. The average Bonchev–Trinajstić information content (AvgIpc) is 2.45. The molecule has 0 fully saturated rings. The summed E-state index contributed by atoms with van der Waals surface area (Å²) in [5.74, 6) is -0.566. The number of phenols is 1. The molecule has 0 aliphatic carbocycles. The van der Waals surface area contributed by atoms with Crippen molar-refractivity contribution in [2.45, 2.75) is 19.1 Å². The number of aliphatic carboxylic acids is 1. The maximum Gasteiger partial charge on any atom is 0.305 e. The van der Waals surface area contributed by atoms with Crippen LogP contribution >= 0.6 is 0 Å². The third-order valence-corrected chi connectivity index (χ3v) is 3.04. The molecule has 0 bridgehead atoms. The Morgan fingerprint density at radius 2 is 1.90 bits per heavy atom. The molecule has 5 heteroatoms. The monoisotopic (exact) mass is 287 g/mol. The fourth-order valence-corrected chi connectivity index (χ4v) is 1.97. The molecule has 110 valence electrons. The van der Waals surface area contributed by atoms with Crippen molar-refractivity contribution in [1.29, 1.82) is 0 Å². The minimum absolute atomic E-state index is 0.0608. The van der Waals surface area contributed by atoms with E-state index in [9.17, 15) is 9.90 Å². The minimum Gasteiger partial charge on any atom is -0.507 e. The van der Waals surface area contributed by atoms with Gasteiger partial charge in [0.15, 0.2) is 0 Å². The first-order valence-electron chi connectivity index (χ1n) is 6.53. The molecule has 0 saturated heterocycles. The quantitative estimate of drug-likeness (QED) is 0.759. The first-order chi connectivity index (χ1) is 10.1. The average molecular weight is 287 g/mol. The van der Waals surface area contributed by atoms with Crippen LogP contribution in [0, 0.1) is 0 Å². The van der Waals surface area contributed by atoms with Crippen molar-refractivity contribution in [3.63, 3.8) is 0 Å². The standard InChI is InChI=1S/C16H17NO4/c17-14(9-16(19)20)13-7-6-12(8-15(13)18)21-10-11-4-2-1-3-5-11/h1-8,14,18H,9-10,17H2,(H,19,20). The lowest BCUT2D eigenvalue weighted by molar-refractivity contribution is -0.137. The van der Waals surface area contributed by atoms with Gasteiger partial charge in [-0.15, -0.1) is 0 Å². The van der Waals surface area contributed by atoms with Gasteiger partial charge in [0, 0.05) is 17.7 Å². The third kappa shape index (κ3) is 4.22. The zero-order valence-electron chi connectivity index (χ0n) is 11.4. The third-order valence-electron chi connectivity index (χ3n) is 3.04. The lowest BCUT2D eigenvalue weighted by Gasteiger charge is -2.13. The van der Waals surface area contributed by atoms with Crippen LogP contribution in [0.1, 0.15) is 23.6 Å². The van der Waals surface area contributed by atoms with Gasteiger partial charge in [-0.05, 0) is 11.6 Å². The summed E-state index contributed by atoms with van der Waals surface area (Å²) in [6.45, 7) is 0.390. The smallest absolute Gasteiger partial charge is 0.305 e. The maximum atomic E-state index is 10.6. The van der Waals surface area contributed by atoms with Gasteiger partial charge in [-0.25, -0.2) is 0 Å². The molecule has 0 amide bonds. The van der Waals surface area contributed by atoms with E-state index in [1.54, 1.807) is 12.1 Å². The van der Waals surface area contributed by atoms with E-state index in [0.29, 0.717) is 17.9 Å². The highest BCUT2D eigenvalue weighted by Gasteiger charge is 2.15. The van der Waals surface area contributed by atoms with Crippen LogP contribution < -0.4 is 10.5 Å². The zero-order valence-corrected chi connectivity index (χ0v) is 11.4. The molecule has 0 spiro atoms. The van der Waals surface area contributed by atoms with E-state index in [-0.39, 0.29) is 12.2 Å². The number of carbonyl (C=O) groups is 1. The molecule has 0 saturated carbocycles. The summed E-state index contributed by atoms with van der Waals surface area (Å²) < 4.78 is 5.57. The summed E-state index contributed by atoms with van der Waals surface area (Å²) in [6, 6.07) is 13.6. The van der Waals surface area contributed by atoms with Gasteiger partial charge in [0.05, 0.1) is 6.42 Å². The lowest BCUT2D eigenvalue weighted by Crippen LogP contribution is -2.15. The molecule has 0 aliphatic heterocycles. The van der Waals surface area contributed by atoms with Gasteiger partial charge >= 0.3 is 5.97 Å². The number of rotatable bonds is 6. The molecular formula is C16H17NO4.